The Kier molecular flexibility index (Phi) is 5.03. The topological polar surface area (TPSA) is 38.5 Å². The second-order valence-corrected chi connectivity index (χ2v) is 5.38. The molecule has 1 saturated heterocycles. The van der Waals surface area contributed by atoms with Gasteiger partial charge in [0, 0.05) is 19.6 Å². The van der Waals surface area contributed by atoms with Gasteiger partial charge in [-0.3, -0.25) is 4.90 Å². The molecule has 0 spiro atoms. The van der Waals surface area contributed by atoms with Crippen molar-refractivity contribution in [3.63, 3.8) is 0 Å². The predicted molar refractivity (Wildman–Crippen MR) is 63.9 cm³/mol. The Morgan fingerprint density at radius 3 is 2.80 bits per heavy atom. The van der Waals surface area contributed by atoms with Crippen LogP contribution in [0, 0.1) is 5.92 Å². The van der Waals surface area contributed by atoms with Crippen molar-refractivity contribution >= 4 is 0 Å². The van der Waals surface area contributed by atoms with Crippen molar-refractivity contribution in [2.45, 2.75) is 39.2 Å². The highest BCUT2D eigenvalue weighted by atomic mass is 16.5. The second-order valence-electron chi connectivity index (χ2n) is 5.38. The molecule has 0 aromatic carbocycles. The SMILES string of the molecule is CC(CCCN)CN1CCOC(C)(C)C1. The Labute approximate surface area is 94.0 Å². The van der Waals surface area contributed by atoms with E-state index in [4.69, 9.17) is 10.5 Å². The molecule has 1 aliphatic heterocycles. The molecule has 1 unspecified atom stereocenters. The third-order valence-electron chi connectivity index (χ3n) is 2.98. The lowest BCUT2D eigenvalue weighted by Gasteiger charge is -2.39. The molecular weight excluding hydrogens is 188 g/mol. The van der Waals surface area contributed by atoms with E-state index >= 15 is 0 Å². The highest BCUT2D eigenvalue weighted by molar-refractivity contribution is 4.79. The molecule has 3 heteroatoms. The van der Waals surface area contributed by atoms with Crippen LogP contribution in [0.5, 0.6) is 0 Å². The molecule has 1 aliphatic rings. The van der Waals surface area contributed by atoms with Crippen molar-refractivity contribution in [1.82, 2.24) is 4.90 Å². The van der Waals surface area contributed by atoms with Crippen molar-refractivity contribution in [3.05, 3.63) is 0 Å². The molecule has 0 bridgehead atoms. The van der Waals surface area contributed by atoms with Crippen LogP contribution in [0.3, 0.4) is 0 Å². The van der Waals surface area contributed by atoms with E-state index in [0.717, 1.165) is 38.6 Å². The second kappa shape index (κ2) is 5.83. The molecule has 1 fully saturated rings. The fourth-order valence-corrected chi connectivity index (χ4v) is 2.27. The van der Waals surface area contributed by atoms with Gasteiger partial charge in [0.25, 0.3) is 0 Å². The van der Waals surface area contributed by atoms with E-state index in [2.05, 4.69) is 25.7 Å². The van der Waals surface area contributed by atoms with Gasteiger partial charge < -0.3 is 10.5 Å². The zero-order chi connectivity index (χ0) is 11.3. The monoisotopic (exact) mass is 214 g/mol. The van der Waals surface area contributed by atoms with Crippen LogP contribution in [-0.4, -0.2) is 43.3 Å². The maximum Gasteiger partial charge on any atom is 0.0753 e. The molecule has 90 valence electrons. The predicted octanol–water partition coefficient (Wildman–Crippen LogP) is 1.47. The Morgan fingerprint density at radius 2 is 2.20 bits per heavy atom. The first-order valence-electron chi connectivity index (χ1n) is 6.10. The summed E-state index contributed by atoms with van der Waals surface area (Å²) in [5.74, 6) is 0.752. The summed E-state index contributed by atoms with van der Waals surface area (Å²) in [5.41, 5.74) is 5.55. The van der Waals surface area contributed by atoms with Gasteiger partial charge >= 0.3 is 0 Å². The van der Waals surface area contributed by atoms with E-state index in [0.29, 0.717) is 0 Å². The minimum atomic E-state index is 0.0336. The average Bonchev–Trinajstić information content (AvgIpc) is 2.13. The zero-order valence-electron chi connectivity index (χ0n) is 10.5. The Hall–Kier alpha value is -0.120. The van der Waals surface area contributed by atoms with Gasteiger partial charge in [-0.1, -0.05) is 6.92 Å². The maximum atomic E-state index is 5.70. The van der Waals surface area contributed by atoms with Crippen molar-refractivity contribution in [2.24, 2.45) is 11.7 Å². The molecule has 15 heavy (non-hydrogen) atoms. The van der Waals surface area contributed by atoms with E-state index in [9.17, 15) is 0 Å². The first-order valence-corrected chi connectivity index (χ1v) is 6.10. The lowest BCUT2D eigenvalue weighted by atomic mass is 10.0. The minimum Gasteiger partial charge on any atom is -0.373 e. The Bertz CT molecular complexity index is 182. The van der Waals surface area contributed by atoms with Crippen LogP contribution in [0.25, 0.3) is 0 Å². The number of ether oxygens (including phenoxy) is 1. The number of morpholine rings is 1. The van der Waals surface area contributed by atoms with E-state index < -0.39 is 0 Å². The van der Waals surface area contributed by atoms with Gasteiger partial charge in [0.2, 0.25) is 0 Å². The Morgan fingerprint density at radius 1 is 1.47 bits per heavy atom. The summed E-state index contributed by atoms with van der Waals surface area (Å²) in [7, 11) is 0. The number of nitrogens with zero attached hydrogens (tertiary/aromatic N) is 1. The van der Waals surface area contributed by atoms with Gasteiger partial charge in [0.1, 0.15) is 0 Å². The summed E-state index contributed by atoms with van der Waals surface area (Å²) < 4.78 is 5.70. The summed E-state index contributed by atoms with van der Waals surface area (Å²) in [6.45, 7) is 11.7. The van der Waals surface area contributed by atoms with Crippen LogP contribution in [0.2, 0.25) is 0 Å². The molecule has 0 amide bonds. The van der Waals surface area contributed by atoms with Gasteiger partial charge in [-0.05, 0) is 39.2 Å². The van der Waals surface area contributed by atoms with Crippen LogP contribution in [0.4, 0.5) is 0 Å². The number of nitrogens with two attached hydrogens (primary N) is 1. The molecule has 3 nitrogen and oxygen atoms in total. The summed E-state index contributed by atoms with van der Waals surface area (Å²) >= 11 is 0. The van der Waals surface area contributed by atoms with E-state index in [-0.39, 0.29) is 5.60 Å². The van der Waals surface area contributed by atoms with Crippen LogP contribution in [0.1, 0.15) is 33.6 Å². The molecule has 0 aliphatic carbocycles. The quantitative estimate of drug-likeness (QED) is 0.753. The molecule has 0 radical (unpaired) electrons. The van der Waals surface area contributed by atoms with Crippen molar-refractivity contribution < 1.29 is 4.74 Å². The first-order chi connectivity index (χ1) is 7.03. The summed E-state index contributed by atoms with van der Waals surface area (Å²) in [4.78, 5) is 2.52. The van der Waals surface area contributed by atoms with Gasteiger partial charge in [-0.25, -0.2) is 0 Å². The van der Waals surface area contributed by atoms with Crippen molar-refractivity contribution in [2.75, 3.05) is 32.8 Å². The molecule has 2 N–H and O–H groups in total. The lowest BCUT2D eigenvalue weighted by molar-refractivity contribution is -0.0887. The van der Waals surface area contributed by atoms with Crippen LogP contribution in [-0.2, 0) is 4.74 Å². The number of hydrogen-bond acceptors (Lipinski definition) is 3. The third-order valence-corrected chi connectivity index (χ3v) is 2.98. The van der Waals surface area contributed by atoms with Crippen molar-refractivity contribution in [3.8, 4) is 0 Å². The fraction of sp³-hybridized carbons (Fsp3) is 1.00. The maximum absolute atomic E-state index is 5.70. The van der Waals surface area contributed by atoms with Crippen LogP contribution < -0.4 is 5.73 Å². The Balaban J connectivity index is 2.25. The zero-order valence-corrected chi connectivity index (χ0v) is 10.5. The molecule has 1 heterocycles. The average molecular weight is 214 g/mol. The third kappa shape index (κ3) is 4.96. The minimum absolute atomic E-state index is 0.0336. The van der Waals surface area contributed by atoms with Crippen LogP contribution in [0.15, 0.2) is 0 Å². The fourth-order valence-electron chi connectivity index (χ4n) is 2.27. The van der Waals surface area contributed by atoms with Gasteiger partial charge in [-0.15, -0.1) is 0 Å². The first kappa shape index (κ1) is 12.9. The smallest absolute Gasteiger partial charge is 0.0753 e. The normalized spacial score (nSPS) is 24.0. The van der Waals surface area contributed by atoms with Gasteiger partial charge in [0.05, 0.1) is 12.2 Å². The molecule has 0 saturated carbocycles. The highest BCUT2D eigenvalue weighted by Crippen LogP contribution is 2.18. The highest BCUT2D eigenvalue weighted by Gasteiger charge is 2.27. The summed E-state index contributed by atoms with van der Waals surface area (Å²) in [6, 6.07) is 0. The largest absolute Gasteiger partial charge is 0.373 e. The van der Waals surface area contributed by atoms with Crippen molar-refractivity contribution in [1.29, 1.82) is 0 Å². The van der Waals surface area contributed by atoms with Gasteiger partial charge in [0.15, 0.2) is 0 Å². The number of rotatable bonds is 5. The molecule has 0 aromatic heterocycles. The van der Waals surface area contributed by atoms with E-state index in [1.165, 1.54) is 13.0 Å². The lowest BCUT2D eigenvalue weighted by Crippen LogP contribution is -2.49. The molecule has 0 aromatic rings. The van der Waals surface area contributed by atoms with E-state index in [1.807, 2.05) is 0 Å². The molecule has 1 atom stereocenters. The molecular formula is C12H26N2O. The standard InChI is InChI=1S/C12H26N2O/c1-11(5-4-6-13)9-14-7-8-15-12(2,3)10-14/h11H,4-10,13H2,1-3H3. The van der Waals surface area contributed by atoms with Gasteiger partial charge in [-0.2, -0.15) is 0 Å². The number of hydrogen-bond donors (Lipinski definition) is 1. The molecule has 1 rings (SSSR count). The summed E-state index contributed by atoms with van der Waals surface area (Å²) in [5, 5.41) is 0. The summed E-state index contributed by atoms with van der Waals surface area (Å²) in [6.07, 6.45) is 2.39. The van der Waals surface area contributed by atoms with E-state index in [1.54, 1.807) is 0 Å². The van der Waals surface area contributed by atoms with Crippen LogP contribution >= 0.6 is 0 Å².